The van der Waals surface area contributed by atoms with Crippen molar-refractivity contribution in [3.63, 3.8) is 0 Å². The van der Waals surface area contributed by atoms with E-state index in [-0.39, 0.29) is 11.6 Å². The Morgan fingerprint density at radius 1 is 1.12 bits per heavy atom. The van der Waals surface area contributed by atoms with E-state index in [1.54, 1.807) is 18.3 Å². The molecule has 0 N–H and O–H groups in total. The van der Waals surface area contributed by atoms with Crippen molar-refractivity contribution in [2.24, 2.45) is 5.41 Å². The first-order valence-electron chi connectivity index (χ1n) is 11.6. The molecule has 0 saturated heterocycles. The van der Waals surface area contributed by atoms with Crippen molar-refractivity contribution < 1.29 is 9.59 Å². The van der Waals surface area contributed by atoms with Crippen molar-refractivity contribution in [1.82, 2.24) is 9.55 Å². The van der Waals surface area contributed by atoms with Crippen molar-refractivity contribution in [2.45, 2.75) is 66.8 Å². The SMILES string of the molecule is CCCCc1ncc(/C=C(\Cc2cccs2)C(=O)C(C)(C)C)n1Cc1ccc(C(C)=O)cc1. The van der Waals surface area contributed by atoms with Gasteiger partial charge >= 0.3 is 0 Å². The smallest absolute Gasteiger partial charge is 0.164 e. The van der Waals surface area contributed by atoms with Gasteiger partial charge in [0, 0.05) is 40.8 Å². The van der Waals surface area contributed by atoms with Crippen LogP contribution in [0.1, 0.15) is 79.8 Å². The number of hydrogen-bond acceptors (Lipinski definition) is 4. The van der Waals surface area contributed by atoms with Gasteiger partial charge in [-0.15, -0.1) is 11.3 Å². The zero-order chi connectivity index (χ0) is 24.0. The highest BCUT2D eigenvalue weighted by molar-refractivity contribution is 7.09. The summed E-state index contributed by atoms with van der Waals surface area (Å²) in [5.74, 6) is 1.25. The van der Waals surface area contributed by atoms with E-state index in [0.29, 0.717) is 18.5 Å². The van der Waals surface area contributed by atoms with Gasteiger partial charge in [-0.25, -0.2) is 4.98 Å². The maximum Gasteiger partial charge on any atom is 0.164 e. The summed E-state index contributed by atoms with van der Waals surface area (Å²) in [7, 11) is 0. The molecule has 3 rings (SSSR count). The molecule has 0 amide bonds. The number of allylic oxidation sites excluding steroid dienone is 1. The van der Waals surface area contributed by atoms with E-state index < -0.39 is 5.41 Å². The first kappa shape index (κ1) is 24.8. The molecule has 1 aromatic carbocycles. The van der Waals surface area contributed by atoms with Crippen LogP contribution in [0.25, 0.3) is 6.08 Å². The van der Waals surface area contributed by atoms with Crippen LogP contribution in [-0.4, -0.2) is 21.1 Å². The average molecular weight is 463 g/mol. The number of unbranched alkanes of at least 4 members (excludes halogenated alkanes) is 1. The molecular weight excluding hydrogens is 428 g/mol. The van der Waals surface area contributed by atoms with E-state index in [0.717, 1.165) is 41.9 Å². The van der Waals surface area contributed by atoms with E-state index in [4.69, 9.17) is 4.98 Å². The molecular formula is C28H34N2O2S. The summed E-state index contributed by atoms with van der Waals surface area (Å²) < 4.78 is 2.21. The van der Waals surface area contributed by atoms with Gasteiger partial charge in [0.1, 0.15) is 5.82 Å². The minimum absolute atomic E-state index is 0.0651. The van der Waals surface area contributed by atoms with Gasteiger partial charge in [-0.2, -0.15) is 0 Å². The van der Waals surface area contributed by atoms with Crippen LogP contribution in [0.2, 0.25) is 0 Å². The molecule has 0 radical (unpaired) electrons. The average Bonchev–Trinajstić information content (AvgIpc) is 3.41. The number of Topliss-reactive ketones (excluding diaryl/α,β-unsaturated/α-hetero) is 2. The lowest BCUT2D eigenvalue weighted by atomic mass is 9.84. The second-order valence-electron chi connectivity index (χ2n) is 9.55. The Kier molecular flexibility index (Phi) is 8.20. The second-order valence-corrected chi connectivity index (χ2v) is 10.6. The van der Waals surface area contributed by atoms with Crippen molar-refractivity contribution in [1.29, 1.82) is 0 Å². The summed E-state index contributed by atoms with van der Waals surface area (Å²) in [6.45, 7) is 10.3. The van der Waals surface area contributed by atoms with E-state index in [1.165, 1.54) is 4.88 Å². The quantitative estimate of drug-likeness (QED) is 0.246. The number of carbonyl (C=O) groups excluding carboxylic acids is 2. The lowest BCUT2D eigenvalue weighted by molar-refractivity contribution is -0.122. The van der Waals surface area contributed by atoms with Gasteiger partial charge in [0.15, 0.2) is 11.6 Å². The molecule has 0 bridgehead atoms. The van der Waals surface area contributed by atoms with E-state index >= 15 is 0 Å². The van der Waals surface area contributed by atoms with Crippen molar-refractivity contribution >= 4 is 29.0 Å². The van der Waals surface area contributed by atoms with Crippen molar-refractivity contribution in [3.8, 4) is 0 Å². The molecule has 0 saturated carbocycles. The van der Waals surface area contributed by atoms with Crippen LogP contribution in [0, 0.1) is 5.41 Å². The maximum atomic E-state index is 13.3. The molecule has 0 aliphatic heterocycles. The molecule has 0 atom stereocenters. The van der Waals surface area contributed by atoms with Gasteiger partial charge < -0.3 is 4.57 Å². The Morgan fingerprint density at radius 3 is 2.42 bits per heavy atom. The Morgan fingerprint density at radius 2 is 1.85 bits per heavy atom. The highest BCUT2D eigenvalue weighted by atomic mass is 32.1. The molecule has 5 heteroatoms. The molecule has 0 spiro atoms. The van der Waals surface area contributed by atoms with Crippen LogP contribution in [0.3, 0.4) is 0 Å². The number of aryl methyl sites for hydroxylation is 1. The maximum absolute atomic E-state index is 13.3. The number of ketones is 2. The van der Waals surface area contributed by atoms with E-state index in [1.807, 2.05) is 68.8 Å². The molecule has 33 heavy (non-hydrogen) atoms. The second kappa shape index (κ2) is 10.9. The monoisotopic (exact) mass is 462 g/mol. The lowest BCUT2D eigenvalue weighted by Gasteiger charge is -2.19. The van der Waals surface area contributed by atoms with Gasteiger partial charge in [-0.05, 0) is 36.4 Å². The zero-order valence-corrected chi connectivity index (χ0v) is 21.2. The van der Waals surface area contributed by atoms with Crippen LogP contribution in [0.4, 0.5) is 0 Å². The molecule has 0 aliphatic rings. The topological polar surface area (TPSA) is 52.0 Å². The van der Waals surface area contributed by atoms with E-state index in [2.05, 4.69) is 17.6 Å². The molecule has 4 nitrogen and oxygen atoms in total. The third kappa shape index (κ3) is 6.61. The molecule has 2 heterocycles. The first-order chi connectivity index (χ1) is 15.7. The summed E-state index contributed by atoms with van der Waals surface area (Å²) in [6, 6.07) is 11.9. The Labute approximate surface area is 201 Å². The summed E-state index contributed by atoms with van der Waals surface area (Å²) in [5, 5.41) is 2.05. The minimum Gasteiger partial charge on any atom is -0.324 e. The number of benzene rings is 1. The van der Waals surface area contributed by atoms with Crippen LogP contribution in [-0.2, 0) is 24.2 Å². The van der Waals surface area contributed by atoms with Crippen molar-refractivity contribution in [3.05, 3.63) is 81.1 Å². The molecule has 0 aliphatic carbocycles. The number of thiophene rings is 1. The number of imidazole rings is 1. The Bertz CT molecular complexity index is 1110. The van der Waals surface area contributed by atoms with Gasteiger partial charge in [-0.1, -0.05) is 64.4 Å². The number of aromatic nitrogens is 2. The largest absolute Gasteiger partial charge is 0.324 e. The summed E-state index contributed by atoms with van der Waals surface area (Å²) in [6.07, 6.45) is 7.59. The number of carbonyl (C=O) groups is 2. The third-order valence-corrected chi connectivity index (χ3v) is 6.54. The van der Waals surface area contributed by atoms with Crippen LogP contribution in [0.5, 0.6) is 0 Å². The van der Waals surface area contributed by atoms with Gasteiger partial charge in [0.25, 0.3) is 0 Å². The normalized spacial score (nSPS) is 12.2. The standard InChI is InChI=1S/C28H34N2O2S/c1-6-7-10-26-29-18-24(30(26)19-21-11-13-22(14-12-21)20(2)31)16-23(27(32)28(3,4)5)17-25-9-8-15-33-25/h8-9,11-16,18H,6-7,10,17,19H2,1-5H3/b23-16+. The first-order valence-corrected chi connectivity index (χ1v) is 12.5. The number of hydrogen-bond donors (Lipinski definition) is 0. The van der Waals surface area contributed by atoms with Gasteiger partial charge in [-0.3, -0.25) is 9.59 Å². The number of rotatable bonds is 10. The molecule has 174 valence electrons. The summed E-state index contributed by atoms with van der Waals surface area (Å²) in [4.78, 5) is 30.9. The van der Waals surface area contributed by atoms with Crippen molar-refractivity contribution in [2.75, 3.05) is 0 Å². The number of nitrogens with zero attached hydrogens (tertiary/aromatic N) is 2. The third-order valence-electron chi connectivity index (χ3n) is 5.66. The molecule has 3 aromatic rings. The predicted molar refractivity (Wildman–Crippen MR) is 137 cm³/mol. The minimum atomic E-state index is -0.457. The van der Waals surface area contributed by atoms with Crippen LogP contribution >= 0.6 is 11.3 Å². The van der Waals surface area contributed by atoms with Crippen LogP contribution in [0.15, 0.2) is 53.5 Å². The van der Waals surface area contributed by atoms with Gasteiger partial charge in [0.05, 0.1) is 11.9 Å². The zero-order valence-electron chi connectivity index (χ0n) is 20.4. The fraction of sp³-hybridized carbons (Fsp3) is 0.393. The van der Waals surface area contributed by atoms with Crippen LogP contribution < -0.4 is 0 Å². The Hall–Kier alpha value is -2.79. The Balaban J connectivity index is 2.01. The predicted octanol–water partition coefficient (Wildman–Crippen LogP) is 6.78. The van der Waals surface area contributed by atoms with E-state index in [9.17, 15) is 9.59 Å². The molecule has 2 aromatic heterocycles. The molecule has 0 fully saturated rings. The summed E-state index contributed by atoms with van der Waals surface area (Å²) >= 11 is 1.67. The highest BCUT2D eigenvalue weighted by Crippen LogP contribution is 2.26. The fourth-order valence-corrected chi connectivity index (χ4v) is 4.47. The summed E-state index contributed by atoms with van der Waals surface area (Å²) in [5.41, 5.74) is 3.11. The lowest BCUT2D eigenvalue weighted by Crippen LogP contribution is -2.23. The van der Waals surface area contributed by atoms with Gasteiger partial charge in [0.2, 0.25) is 0 Å². The highest BCUT2D eigenvalue weighted by Gasteiger charge is 2.26. The fourth-order valence-electron chi connectivity index (χ4n) is 3.75. The molecule has 0 unspecified atom stereocenters.